The summed E-state index contributed by atoms with van der Waals surface area (Å²) in [4.78, 5) is 11.2. The maximum atomic E-state index is 15.1. The first kappa shape index (κ1) is 20.2. The Kier molecular flexibility index (Phi) is 5.79. The lowest BCUT2D eigenvalue weighted by molar-refractivity contribution is -0.172. The zero-order chi connectivity index (χ0) is 18.2. The van der Waals surface area contributed by atoms with Gasteiger partial charge in [0, 0.05) is 23.9 Å². The molecule has 1 aromatic carbocycles. The topological polar surface area (TPSA) is 29.1 Å². The Balaban J connectivity index is 3.65. The summed E-state index contributed by atoms with van der Waals surface area (Å²) in [6, 6.07) is 2.09. The van der Waals surface area contributed by atoms with Gasteiger partial charge in [-0.1, -0.05) is 24.6 Å². The molecule has 2 unspecified atom stereocenters. The minimum Gasteiger partial charge on any atom is -0.325 e. The molecule has 0 aliphatic heterocycles. The monoisotopic (exact) mass is 417 g/mol. The molecular weight excluding hydrogens is 402 g/mol. The van der Waals surface area contributed by atoms with Gasteiger partial charge in [0.1, 0.15) is 0 Å². The molecule has 0 aliphatic rings. The van der Waals surface area contributed by atoms with E-state index < -0.39 is 22.3 Å². The fraction of sp³-hybridized carbons (Fsp3) is 0.533. The lowest BCUT2D eigenvalue weighted by Gasteiger charge is -2.37. The quantitative estimate of drug-likeness (QED) is 0.481. The van der Waals surface area contributed by atoms with Gasteiger partial charge in [0.2, 0.25) is 16.7 Å². The Hall–Kier alpha value is -0.820. The highest BCUT2D eigenvalue weighted by Gasteiger charge is 2.64. The van der Waals surface area contributed by atoms with Crippen LogP contribution in [0.1, 0.15) is 38.8 Å². The summed E-state index contributed by atoms with van der Waals surface area (Å²) in [6.45, 7) is 3.79. The van der Waals surface area contributed by atoms with E-state index in [0.717, 1.165) is 12.1 Å². The van der Waals surface area contributed by atoms with Gasteiger partial charge < -0.3 is 5.32 Å². The zero-order valence-electron chi connectivity index (χ0n) is 13.0. The van der Waals surface area contributed by atoms with Crippen LogP contribution >= 0.6 is 27.5 Å². The Morgan fingerprint density at radius 3 is 2.13 bits per heavy atom. The van der Waals surface area contributed by atoms with E-state index in [2.05, 4.69) is 21.2 Å². The second kappa shape index (κ2) is 6.59. The van der Waals surface area contributed by atoms with E-state index in [-0.39, 0.29) is 17.3 Å². The summed E-state index contributed by atoms with van der Waals surface area (Å²) < 4.78 is 57.0. The van der Waals surface area contributed by atoms with E-state index in [0.29, 0.717) is 24.6 Å². The molecule has 1 rings (SSSR count). The van der Waals surface area contributed by atoms with E-state index in [1.807, 2.05) is 0 Å². The third-order valence-electron chi connectivity index (χ3n) is 3.46. The molecule has 0 spiro atoms. The van der Waals surface area contributed by atoms with Gasteiger partial charge in [0.15, 0.2) is 0 Å². The molecule has 0 saturated heterocycles. The van der Waals surface area contributed by atoms with Crippen LogP contribution in [0.4, 0.5) is 23.2 Å². The molecule has 0 bridgehead atoms. The molecule has 8 heteroatoms. The minimum atomic E-state index is -4.07. The number of nitrogens with one attached hydrogen (secondary N) is 1. The average molecular weight is 419 g/mol. The standard InChI is InChI=1S/C15H17BrClF4NO/c1-5-9-6-10(7-11(16)12(9)22-8(2)23)15(21,13(3,17)18)14(4,19)20/h6-7H,5H2,1-4H3,(H,22,23). The lowest BCUT2D eigenvalue weighted by atomic mass is 9.84. The van der Waals surface area contributed by atoms with Crippen LogP contribution in [0, 0.1) is 0 Å². The van der Waals surface area contributed by atoms with Gasteiger partial charge in [-0.3, -0.25) is 4.79 Å². The van der Waals surface area contributed by atoms with Crippen LogP contribution in [0.2, 0.25) is 0 Å². The first-order chi connectivity index (χ1) is 10.3. The normalized spacial score (nSPS) is 17.3. The van der Waals surface area contributed by atoms with E-state index in [9.17, 15) is 18.0 Å². The SMILES string of the molecule is CCc1cc(C(F)(C(C)(F)F)C(C)(F)Cl)cc(Br)c1NC(C)=O. The molecule has 0 fully saturated rings. The van der Waals surface area contributed by atoms with Crippen LogP contribution in [-0.2, 0) is 16.9 Å². The van der Waals surface area contributed by atoms with Gasteiger partial charge in [0.25, 0.3) is 5.92 Å². The van der Waals surface area contributed by atoms with Crippen molar-refractivity contribution in [3.63, 3.8) is 0 Å². The molecule has 1 amide bonds. The number of aryl methyl sites for hydroxylation is 1. The largest absolute Gasteiger partial charge is 0.325 e. The smallest absolute Gasteiger partial charge is 0.287 e. The summed E-state index contributed by atoms with van der Waals surface area (Å²) in [5.74, 6) is -4.45. The van der Waals surface area contributed by atoms with E-state index in [1.54, 1.807) is 6.92 Å². The Bertz CT molecular complexity index is 597. The Labute approximate surface area is 145 Å². The van der Waals surface area contributed by atoms with E-state index in [4.69, 9.17) is 11.6 Å². The number of carbonyl (C=O) groups excluding carboxylic acids is 1. The van der Waals surface area contributed by atoms with Gasteiger partial charge in [-0.25, -0.2) is 17.6 Å². The third-order valence-corrected chi connectivity index (χ3v) is 4.35. The number of anilines is 1. The minimum absolute atomic E-state index is 0.161. The van der Waals surface area contributed by atoms with Gasteiger partial charge in [-0.05, 0) is 40.9 Å². The third kappa shape index (κ3) is 3.82. The van der Waals surface area contributed by atoms with Crippen molar-refractivity contribution < 1.29 is 22.4 Å². The molecule has 0 heterocycles. The van der Waals surface area contributed by atoms with Crippen molar-refractivity contribution >= 4 is 39.1 Å². The Morgan fingerprint density at radius 2 is 1.78 bits per heavy atom. The highest BCUT2D eigenvalue weighted by molar-refractivity contribution is 9.10. The summed E-state index contributed by atoms with van der Waals surface area (Å²) >= 11 is 8.43. The van der Waals surface area contributed by atoms with Crippen molar-refractivity contribution in [1.82, 2.24) is 0 Å². The number of carbonyl (C=O) groups is 1. The first-order valence-corrected chi connectivity index (χ1v) is 7.97. The molecule has 0 aromatic heterocycles. The second-order valence-corrected chi connectivity index (χ2v) is 7.03. The van der Waals surface area contributed by atoms with Crippen molar-refractivity contribution in [3.05, 3.63) is 27.7 Å². The molecule has 0 aliphatic carbocycles. The summed E-state index contributed by atoms with van der Waals surface area (Å²) in [6.07, 6.45) is 0.304. The van der Waals surface area contributed by atoms with Gasteiger partial charge >= 0.3 is 0 Å². The predicted octanol–water partition coefficient (Wildman–Crippen LogP) is 5.71. The fourth-order valence-electron chi connectivity index (χ4n) is 2.35. The summed E-state index contributed by atoms with van der Waals surface area (Å²) in [7, 11) is 0. The van der Waals surface area contributed by atoms with Crippen molar-refractivity contribution in [2.75, 3.05) is 5.32 Å². The number of hydrogen-bond donors (Lipinski definition) is 1. The number of hydrogen-bond acceptors (Lipinski definition) is 1. The number of rotatable bonds is 5. The molecule has 23 heavy (non-hydrogen) atoms. The molecule has 2 nitrogen and oxygen atoms in total. The maximum absolute atomic E-state index is 15.1. The molecule has 1 aromatic rings. The van der Waals surface area contributed by atoms with Crippen LogP contribution in [0.3, 0.4) is 0 Å². The van der Waals surface area contributed by atoms with Crippen molar-refractivity contribution in [2.24, 2.45) is 0 Å². The number of benzene rings is 1. The lowest BCUT2D eigenvalue weighted by Crippen LogP contribution is -2.51. The van der Waals surface area contributed by atoms with E-state index >= 15 is 4.39 Å². The van der Waals surface area contributed by atoms with Crippen LogP contribution in [0.25, 0.3) is 0 Å². The van der Waals surface area contributed by atoms with Gasteiger partial charge in [0.05, 0.1) is 5.69 Å². The van der Waals surface area contributed by atoms with Crippen LogP contribution < -0.4 is 5.32 Å². The van der Waals surface area contributed by atoms with Gasteiger partial charge in [-0.2, -0.15) is 0 Å². The average Bonchev–Trinajstić information content (AvgIpc) is 2.36. The first-order valence-electron chi connectivity index (χ1n) is 6.80. The summed E-state index contributed by atoms with van der Waals surface area (Å²) in [5.41, 5.74) is -3.66. The van der Waals surface area contributed by atoms with Crippen LogP contribution in [-0.4, -0.2) is 17.0 Å². The van der Waals surface area contributed by atoms with Crippen LogP contribution in [0.5, 0.6) is 0 Å². The number of alkyl halides is 5. The molecule has 2 atom stereocenters. The van der Waals surface area contributed by atoms with Crippen molar-refractivity contribution in [3.8, 4) is 0 Å². The molecular formula is C15H17BrClF4NO. The zero-order valence-corrected chi connectivity index (χ0v) is 15.4. The predicted molar refractivity (Wildman–Crippen MR) is 86.6 cm³/mol. The number of halogens is 6. The molecule has 130 valence electrons. The molecule has 0 saturated carbocycles. The van der Waals surface area contributed by atoms with E-state index in [1.165, 1.54) is 6.92 Å². The fourth-order valence-corrected chi connectivity index (χ4v) is 3.23. The van der Waals surface area contributed by atoms with Crippen molar-refractivity contribution in [2.45, 2.75) is 50.8 Å². The van der Waals surface area contributed by atoms with Crippen molar-refractivity contribution in [1.29, 1.82) is 0 Å². The second-order valence-electron chi connectivity index (χ2n) is 5.46. The number of amides is 1. The molecule has 0 radical (unpaired) electrons. The maximum Gasteiger partial charge on any atom is 0.287 e. The van der Waals surface area contributed by atoms with Gasteiger partial charge in [-0.15, -0.1) is 0 Å². The highest BCUT2D eigenvalue weighted by Crippen LogP contribution is 2.53. The molecule has 1 N–H and O–H groups in total. The Morgan fingerprint density at radius 1 is 1.26 bits per heavy atom. The van der Waals surface area contributed by atoms with Crippen LogP contribution in [0.15, 0.2) is 16.6 Å². The summed E-state index contributed by atoms with van der Waals surface area (Å²) in [5, 5.41) is -0.816. The highest BCUT2D eigenvalue weighted by atomic mass is 79.9.